The zero-order valence-electron chi connectivity index (χ0n) is 16.3. The highest BCUT2D eigenvalue weighted by atomic mass is 19.3. The molecule has 5 nitrogen and oxygen atoms in total. The third-order valence-corrected chi connectivity index (χ3v) is 5.96. The van der Waals surface area contributed by atoms with Crippen LogP contribution in [0.1, 0.15) is 49.0 Å². The first-order chi connectivity index (χ1) is 14.3. The van der Waals surface area contributed by atoms with E-state index in [1.165, 1.54) is 0 Å². The summed E-state index contributed by atoms with van der Waals surface area (Å²) in [5.74, 6) is -5.60. The molecule has 0 radical (unpaired) electrons. The maximum Gasteiger partial charge on any atom is 0.280 e. The van der Waals surface area contributed by atoms with E-state index in [4.69, 9.17) is 4.52 Å². The molecule has 0 spiro atoms. The summed E-state index contributed by atoms with van der Waals surface area (Å²) in [5, 5.41) is 5.90. The molecular formula is C21H23F4N3O2. The van der Waals surface area contributed by atoms with Gasteiger partial charge in [-0.05, 0) is 31.4 Å². The maximum atomic E-state index is 14.7. The topological polar surface area (TPSA) is 58.4 Å². The Balaban J connectivity index is 1.41. The Labute approximate surface area is 171 Å². The van der Waals surface area contributed by atoms with E-state index in [2.05, 4.69) is 10.5 Å². The van der Waals surface area contributed by atoms with Gasteiger partial charge < -0.3 is 9.84 Å². The predicted molar refractivity (Wildman–Crippen MR) is 101 cm³/mol. The summed E-state index contributed by atoms with van der Waals surface area (Å²) in [6, 6.07) is 2.90. The van der Waals surface area contributed by atoms with Crippen molar-refractivity contribution in [1.29, 1.82) is 0 Å². The van der Waals surface area contributed by atoms with Crippen molar-refractivity contribution in [3.8, 4) is 11.3 Å². The Bertz CT molecular complexity index is 911. The van der Waals surface area contributed by atoms with Crippen molar-refractivity contribution < 1.29 is 26.9 Å². The molecule has 1 atom stereocenters. The SMILES string of the molecule is O=C(N[C@H]1CCN(C2CCCCC2)CC1(F)F)c1cc(-c2ccc(F)cc2F)on1. The number of likely N-dealkylation sites (tertiary alicyclic amines) is 1. The summed E-state index contributed by atoms with van der Waals surface area (Å²) in [6.45, 7) is 0.115. The number of halogens is 4. The van der Waals surface area contributed by atoms with Gasteiger partial charge in [-0.1, -0.05) is 24.4 Å². The normalized spacial score (nSPS) is 22.7. The highest BCUT2D eigenvalue weighted by Crippen LogP contribution is 2.32. The number of nitrogens with one attached hydrogen (secondary N) is 1. The average molecular weight is 425 g/mol. The number of benzene rings is 1. The number of rotatable bonds is 4. The van der Waals surface area contributed by atoms with Gasteiger partial charge >= 0.3 is 0 Å². The molecule has 0 bridgehead atoms. The predicted octanol–water partition coefficient (Wildman–Crippen LogP) is 4.39. The largest absolute Gasteiger partial charge is 0.355 e. The van der Waals surface area contributed by atoms with Crippen LogP contribution in [0.2, 0.25) is 0 Å². The van der Waals surface area contributed by atoms with Crippen molar-refractivity contribution in [2.45, 2.75) is 56.5 Å². The van der Waals surface area contributed by atoms with Gasteiger partial charge in [-0.25, -0.2) is 17.6 Å². The van der Waals surface area contributed by atoms with Gasteiger partial charge in [-0.2, -0.15) is 0 Å². The number of hydrogen-bond donors (Lipinski definition) is 1. The smallest absolute Gasteiger partial charge is 0.280 e. The number of piperidine rings is 1. The summed E-state index contributed by atoms with van der Waals surface area (Å²) in [6.07, 6.45) is 5.29. The lowest BCUT2D eigenvalue weighted by atomic mass is 9.91. The Morgan fingerprint density at radius 1 is 1.13 bits per heavy atom. The molecule has 30 heavy (non-hydrogen) atoms. The van der Waals surface area contributed by atoms with Crippen molar-refractivity contribution in [3.05, 3.63) is 41.6 Å². The standard InChI is InChI=1S/C21H23F4N3O2/c22-13-6-7-15(16(23)10-13)18-11-17(27-30-18)20(29)26-19-8-9-28(12-21(19,24)25)14-4-2-1-3-5-14/h6-7,10-11,14,19H,1-5,8-9,12H2,(H,26,29)/t19-/m0/s1. The van der Waals surface area contributed by atoms with E-state index in [1.807, 2.05) is 4.90 Å². The first-order valence-corrected chi connectivity index (χ1v) is 10.2. The third kappa shape index (κ3) is 4.35. The van der Waals surface area contributed by atoms with Gasteiger partial charge in [-0.15, -0.1) is 0 Å². The molecule has 2 fully saturated rings. The Kier molecular flexibility index (Phi) is 5.81. The van der Waals surface area contributed by atoms with Crippen molar-refractivity contribution in [2.24, 2.45) is 0 Å². The molecule has 162 valence electrons. The fraction of sp³-hybridized carbons (Fsp3) is 0.524. The zero-order chi connectivity index (χ0) is 21.3. The van der Waals surface area contributed by atoms with Crippen LogP contribution in [-0.4, -0.2) is 47.1 Å². The van der Waals surface area contributed by atoms with Gasteiger partial charge in [0, 0.05) is 24.7 Å². The van der Waals surface area contributed by atoms with Crippen LogP contribution in [-0.2, 0) is 0 Å². The lowest BCUT2D eigenvalue weighted by Crippen LogP contribution is -2.60. The number of amides is 1. The second-order valence-electron chi connectivity index (χ2n) is 8.04. The molecule has 1 aromatic heterocycles. The van der Waals surface area contributed by atoms with Crippen LogP contribution < -0.4 is 5.32 Å². The summed E-state index contributed by atoms with van der Waals surface area (Å²) in [7, 11) is 0. The second kappa shape index (κ2) is 8.37. The molecule has 1 saturated heterocycles. The molecule has 1 N–H and O–H groups in total. The molecule has 1 saturated carbocycles. The van der Waals surface area contributed by atoms with Gasteiger partial charge in [0.05, 0.1) is 18.2 Å². The molecule has 4 rings (SSSR count). The Morgan fingerprint density at radius 2 is 1.90 bits per heavy atom. The summed E-state index contributed by atoms with van der Waals surface area (Å²) < 4.78 is 61.3. The molecule has 1 aromatic carbocycles. The molecule has 2 aliphatic rings. The fourth-order valence-electron chi connectivity index (χ4n) is 4.33. The first-order valence-electron chi connectivity index (χ1n) is 10.2. The third-order valence-electron chi connectivity index (χ3n) is 5.96. The van der Waals surface area contributed by atoms with E-state index in [0.717, 1.165) is 50.3 Å². The minimum atomic E-state index is -3.07. The highest BCUT2D eigenvalue weighted by molar-refractivity contribution is 5.93. The molecule has 2 aromatic rings. The first kappa shape index (κ1) is 20.8. The van der Waals surface area contributed by atoms with E-state index < -0.39 is 29.5 Å². The van der Waals surface area contributed by atoms with Gasteiger partial charge in [-0.3, -0.25) is 9.69 Å². The van der Waals surface area contributed by atoms with Crippen LogP contribution in [0.15, 0.2) is 28.8 Å². The zero-order valence-corrected chi connectivity index (χ0v) is 16.3. The van der Waals surface area contributed by atoms with E-state index in [9.17, 15) is 22.4 Å². The van der Waals surface area contributed by atoms with Crippen molar-refractivity contribution in [3.63, 3.8) is 0 Å². The average Bonchev–Trinajstić information content (AvgIpc) is 3.20. The van der Waals surface area contributed by atoms with E-state index in [0.29, 0.717) is 12.6 Å². The second-order valence-corrected chi connectivity index (χ2v) is 8.04. The van der Waals surface area contributed by atoms with Crippen molar-refractivity contribution in [1.82, 2.24) is 15.4 Å². The fourth-order valence-corrected chi connectivity index (χ4v) is 4.33. The number of aromatic nitrogens is 1. The highest BCUT2D eigenvalue weighted by Gasteiger charge is 2.47. The van der Waals surface area contributed by atoms with Gasteiger partial charge in [0.25, 0.3) is 11.8 Å². The minimum absolute atomic E-state index is 0.0749. The molecule has 1 aliphatic heterocycles. The molecular weight excluding hydrogens is 402 g/mol. The Hall–Kier alpha value is -2.42. The quantitative estimate of drug-likeness (QED) is 0.739. The lowest BCUT2D eigenvalue weighted by molar-refractivity contribution is -0.0998. The summed E-state index contributed by atoms with van der Waals surface area (Å²) >= 11 is 0. The minimum Gasteiger partial charge on any atom is -0.355 e. The molecule has 9 heteroatoms. The van der Waals surface area contributed by atoms with Crippen LogP contribution in [0.4, 0.5) is 17.6 Å². The summed E-state index contributed by atoms with van der Waals surface area (Å²) in [5.41, 5.74) is -0.312. The van der Waals surface area contributed by atoms with Gasteiger partial charge in [0.15, 0.2) is 11.5 Å². The summed E-state index contributed by atoms with van der Waals surface area (Å²) in [4.78, 5) is 14.3. The lowest BCUT2D eigenvalue weighted by Gasteiger charge is -2.43. The maximum absolute atomic E-state index is 14.7. The van der Waals surface area contributed by atoms with Crippen LogP contribution >= 0.6 is 0 Å². The van der Waals surface area contributed by atoms with Crippen LogP contribution in [0.25, 0.3) is 11.3 Å². The monoisotopic (exact) mass is 425 g/mol. The number of carbonyl (C=O) groups is 1. The van der Waals surface area contributed by atoms with Crippen LogP contribution in [0.5, 0.6) is 0 Å². The molecule has 1 amide bonds. The van der Waals surface area contributed by atoms with E-state index in [-0.39, 0.29) is 36.0 Å². The molecule has 1 aliphatic carbocycles. The van der Waals surface area contributed by atoms with Crippen molar-refractivity contribution >= 4 is 5.91 Å². The molecule has 0 unspecified atom stereocenters. The van der Waals surface area contributed by atoms with Crippen LogP contribution in [0.3, 0.4) is 0 Å². The van der Waals surface area contributed by atoms with Crippen LogP contribution in [0, 0.1) is 11.6 Å². The van der Waals surface area contributed by atoms with E-state index >= 15 is 0 Å². The van der Waals surface area contributed by atoms with Gasteiger partial charge in [0.1, 0.15) is 11.6 Å². The van der Waals surface area contributed by atoms with Gasteiger partial charge in [0.2, 0.25) is 0 Å². The Morgan fingerprint density at radius 3 is 2.60 bits per heavy atom. The number of nitrogens with zero attached hydrogens (tertiary/aromatic N) is 2. The number of hydrogen-bond acceptors (Lipinski definition) is 4. The molecule has 2 heterocycles. The number of carbonyl (C=O) groups excluding carboxylic acids is 1. The van der Waals surface area contributed by atoms with Crippen molar-refractivity contribution in [2.75, 3.05) is 13.1 Å². The number of alkyl halides is 2. The van der Waals surface area contributed by atoms with E-state index in [1.54, 1.807) is 0 Å².